The maximum absolute atomic E-state index is 5.84. The van der Waals surface area contributed by atoms with Crippen LogP contribution in [0.2, 0.25) is 5.02 Å². The van der Waals surface area contributed by atoms with Crippen molar-refractivity contribution in [1.29, 1.82) is 0 Å². The highest BCUT2D eigenvalue weighted by atomic mass is 35.5. The maximum Gasteiger partial charge on any atom is 0.0701 e. The molecule has 0 radical (unpaired) electrons. The van der Waals surface area contributed by atoms with E-state index < -0.39 is 0 Å². The summed E-state index contributed by atoms with van der Waals surface area (Å²) in [7, 11) is 1.66. The van der Waals surface area contributed by atoms with Crippen LogP contribution in [0.4, 0.5) is 5.69 Å². The molecule has 1 aromatic carbocycles. The van der Waals surface area contributed by atoms with Gasteiger partial charge in [-0.3, -0.25) is 0 Å². The third-order valence-electron chi connectivity index (χ3n) is 1.83. The molecule has 0 aliphatic rings. The van der Waals surface area contributed by atoms with Crippen LogP contribution in [0.5, 0.6) is 0 Å². The number of nitrogens with one attached hydrogen (secondary N) is 1. The Hall–Kier alpha value is -0.770. The lowest BCUT2D eigenvalue weighted by molar-refractivity contribution is 0.0759. The molecule has 0 saturated heterocycles. The summed E-state index contributed by atoms with van der Waals surface area (Å²) in [4.78, 5) is 0. The minimum Gasteiger partial charge on any atom is -0.383 e. The maximum atomic E-state index is 5.84. The Balaban J connectivity index is 2.10. The minimum atomic E-state index is 0.633. The molecule has 0 fully saturated rings. The summed E-state index contributed by atoms with van der Waals surface area (Å²) in [5.41, 5.74) is 1.01. The average molecular weight is 230 g/mol. The Bertz CT molecular complexity index is 281. The predicted octanol–water partition coefficient (Wildman–Crippen LogP) is 2.41. The van der Waals surface area contributed by atoms with E-state index in [0.29, 0.717) is 19.8 Å². The number of hydrogen-bond acceptors (Lipinski definition) is 3. The summed E-state index contributed by atoms with van der Waals surface area (Å²) in [5.74, 6) is 0. The first-order valence-corrected chi connectivity index (χ1v) is 5.27. The SMILES string of the molecule is COCCOCCNc1cccc(Cl)c1. The van der Waals surface area contributed by atoms with Gasteiger partial charge in [-0.05, 0) is 18.2 Å². The molecule has 84 valence electrons. The molecule has 15 heavy (non-hydrogen) atoms. The molecule has 0 aliphatic heterocycles. The van der Waals surface area contributed by atoms with E-state index in [1.165, 1.54) is 0 Å². The van der Waals surface area contributed by atoms with E-state index in [1.54, 1.807) is 7.11 Å². The van der Waals surface area contributed by atoms with Crippen molar-refractivity contribution in [2.75, 3.05) is 38.8 Å². The van der Waals surface area contributed by atoms with E-state index >= 15 is 0 Å². The average Bonchev–Trinajstić information content (AvgIpc) is 2.23. The standard InChI is InChI=1S/C11H16ClNO2/c1-14-7-8-15-6-5-13-11-4-2-3-10(12)9-11/h2-4,9,13H,5-8H2,1H3. The van der Waals surface area contributed by atoms with E-state index in [0.717, 1.165) is 17.3 Å². The second-order valence-electron chi connectivity index (χ2n) is 3.04. The van der Waals surface area contributed by atoms with Crippen molar-refractivity contribution in [3.05, 3.63) is 29.3 Å². The first kappa shape index (κ1) is 12.3. The molecule has 4 heteroatoms. The molecule has 1 rings (SSSR count). The smallest absolute Gasteiger partial charge is 0.0701 e. The molecule has 0 amide bonds. The fraction of sp³-hybridized carbons (Fsp3) is 0.455. The predicted molar refractivity (Wildman–Crippen MR) is 62.6 cm³/mol. The Morgan fingerprint density at radius 2 is 2.13 bits per heavy atom. The lowest BCUT2D eigenvalue weighted by Crippen LogP contribution is -2.11. The number of benzene rings is 1. The molecule has 0 atom stereocenters. The summed E-state index contributed by atoms with van der Waals surface area (Å²) in [5, 5.41) is 3.95. The summed E-state index contributed by atoms with van der Waals surface area (Å²) in [6.45, 7) is 2.70. The zero-order valence-corrected chi connectivity index (χ0v) is 9.59. The molecule has 1 N–H and O–H groups in total. The molecule has 0 aliphatic carbocycles. The van der Waals surface area contributed by atoms with Gasteiger partial charge in [-0.15, -0.1) is 0 Å². The summed E-state index contributed by atoms with van der Waals surface area (Å²) >= 11 is 5.84. The van der Waals surface area contributed by atoms with Crippen LogP contribution >= 0.6 is 11.6 Å². The first-order chi connectivity index (χ1) is 7.33. The molecule has 1 aromatic rings. The van der Waals surface area contributed by atoms with E-state index in [1.807, 2.05) is 24.3 Å². The van der Waals surface area contributed by atoms with E-state index in [-0.39, 0.29) is 0 Å². The molecular weight excluding hydrogens is 214 g/mol. The zero-order valence-electron chi connectivity index (χ0n) is 8.83. The minimum absolute atomic E-state index is 0.633. The van der Waals surface area contributed by atoms with Gasteiger partial charge in [0.2, 0.25) is 0 Å². The van der Waals surface area contributed by atoms with Gasteiger partial charge in [0.25, 0.3) is 0 Å². The summed E-state index contributed by atoms with van der Waals surface area (Å²) in [6, 6.07) is 7.62. The van der Waals surface area contributed by atoms with Crippen molar-refractivity contribution in [1.82, 2.24) is 0 Å². The van der Waals surface area contributed by atoms with E-state index in [4.69, 9.17) is 21.1 Å². The van der Waals surface area contributed by atoms with Crippen LogP contribution in [0.15, 0.2) is 24.3 Å². The lowest BCUT2D eigenvalue weighted by Gasteiger charge is -2.07. The van der Waals surface area contributed by atoms with Gasteiger partial charge in [-0.1, -0.05) is 17.7 Å². The van der Waals surface area contributed by atoms with Crippen molar-refractivity contribution in [2.24, 2.45) is 0 Å². The lowest BCUT2D eigenvalue weighted by atomic mass is 10.3. The second kappa shape index (κ2) is 7.51. The number of ether oxygens (including phenoxy) is 2. The molecule has 0 heterocycles. The summed E-state index contributed by atoms with van der Waals surface area (Å²) in [6.07, 6.45) is 0. The number of anilines is 1. The van der Waals surface area contributed by atoms with Crippen molar-refractivity contribution < 1.29 is 9.47 Å². The highest BCUT2D eigenvalue weighted by Gasteiger charge is 1.92. The fourth-order valence-corrected chi connectivity index (χ4v) is 1.30. The third-order valence-corrected chi connectivity index (χ3v) is 2.07. The zero-order chi connectivity index (χ0) is 10.9. The van der Waals surface area contributed by atoms with Gasteiger partial charge < -0.3 is 14.8 Å². The van der Waals surface area contributed by atoms with Crippen molar-refractivity contribution in [2.45, 2.75) is 0 Å². The molecular formula is C11H16ClNO2. The number of hydrogen-bond donors (Lipinski definition) is 1. The van der Waals surface area contributed by atoms with Crippen LogP contribution in [-0.2, 0) is 9.47 Å². The van der Waals surface area contributed by atoms with Crippen LogP contribution in [-0.4, -0.2) is 33.5 Å². The highest BCUT2D eigenvalue weighted by molar-refractivity contribution is 6.30. The number of rotatable bonds is 7. The Morgan fingerprint density at radius 1 is 1.27 bits per heavy atom. The number of halogens is 1. The van der Waals surface area contributed by atoms with Gasteiger partial charge in [0.05, 0.1) is 19.8 Å². The Morgan fingerprint density at radius 3 is 2.87 bits per heavy atom. The van der Waals surface area contributed by atoms with Crippen LogP contribution in [0, 0.1) is 0 Å². The van der Waals surface area contributed by atoms with Gasteiger partial charge in [0, 0.05) is 24.4 Å². The van der Waals surface area contributed by atoms with Crippen LogP contribution in [0.1, 0.15) is 0 Å². The largest absolute Gasteiger partial charge is 0.383 e. The summed E-state index contributed by atoms with van der Waals surface area (Å²) < 4.78 is 10.2. The van der Waals surface area contributed by atoms with Crippen molar-refractivity contribution in [3.8, 4) is 0 Å². The van der Waals surface area contributed by atoms with Crippen LogP contribution in [0.25, 0.3) is 0 Å². The highest BCUT2D eigenvalue weighted by Crippen LogP contribution is 2.14. The molecule has 0 bridgehead atoms. The normalized spacial score (nSPS) is 10.3. The van der Waals surface area contributed by atoms with Crippen LogP contribution in [0.3, 0.4) is 0 Å². The third kappa shape index (κ3) is 5.62. The molecule has 0 unspecified atom stereocenters. The molecule has 0 aromatic heterocycles. The van der Waals surface area contributed by atoms with Gasteiger partial charge in [0.15, 0.2) is 0 Å². The van der Waals surface area contributed by atoms with Gasteiger partial charge in [-0.25, -0.2) is 0 Å². The van der Waals surface area contributed by atoms with Crippen LogP contribution < -0.4 is 5.32 Å². The van der Waals surface area contributed by atoms with E-state index in [9.17, 15) is 0 Å². The molecule has 3 nitrogen and oxygen atoms in total. The van der Waals surface area contributed by atoms with Crippen molar-refractivity contribution >= 4 is 17.3 Å². The monoisotopic (exact) mass is 229 g/mol. The first-order valence-electron chi connectivity index (χ1n) is 4.89. The van der Waals surface area contributed by atoms with E-state index in [2.05, 4.69) is 5.32 Å². The van der Waals surface area contributed by atoms with Gasteiger partial charge in [0.1, 0.15) is 0 Å². The second-order valence-corrected chi connectivity index (χ2v) is 3.48. The van der Waals surface area contributed by atoms with Gasteiger partial charge >= 0.3 is 0 Å². The molecule has 0 spiro atoms. The van der Waals surface area contributed by atoms with Gasteiger partial charge in [-0.2, -0.15) is 0 Å². The number of methoxy groups -OCH3 is 1. The van der Waals surface area contributed by atoms with Crippen molar-refractivity contribution in [3.63, 3.8) is 0 Å². The quantitative estimate of drug-likeness (QED) is 0.729. The fourth-order valence-electron chi connectivity index (χ4n) is 1.11. The Labute approximate surface area is 95.3 Å². The molecule has 0 saturated carbocycles. The topological polar surface area (TPSA) is 30.5 Å². The Kier molecular flexibility index (Phi) is 6.16.